The molecule has 0 saturated heterocycles. The lowest BCUT2D eigenvalue weighted by Gasteiger charge is -2.12. The number of thiocarbonyl (C=S) groups is 1. The Kier molecular flexibility index (Phi) is 8.53. The van der Waals surface area contributed by atoms with Crippen LogP contribution in [0.25, 0.3) is 0 Å². The lowest BCUT2D eigenvalue weighted by atomic mass is 10.1. The van der Waals surface area contributed by atoms with Crippen LogP contribution in [0.15, 0.2) is 41.5 Å². The fourth-order valence-electron chi connectivity index (χ4n) is 2.06. The van der Waals surface area contributed by atoms with Crippen LogP contribution < -0.4 is 15.5 Å². The van der Waals surface area contributed by atoms with E-state index in [-0.39, 0.29) is 0 Å². The number of hydrogen-bond donors (Lipinski definition) is 2. The summed E-state index contributed by atoms with van der Waals surface area (Å²) in [4.78, 5) is 0. The highest BCUT2D eigenvalue weighted by molar-refractivity contribution is 14.1. The van der Waals surface area contributed by atoms with Crippen molar-refractivity contribution in [3.05, 3.63) is 60.2 Å². The lowest BCUT2D eigenvalue weighted by Crippen LogP contribution is -2.31. The first-order chi connectivity index (χ1) is 12.5. The number of ether oxygens (including phenoxy) is 1. The van der Waals surface area contributed by atoms with Gasteiger partial charge in [0.15, 0.2) is 5.11 Å². The maximum atomic E-state index is 9.17. The first kappa shape index (κ1) is 20.9. The molecule has 0 radical (unpaired) electrons. The van der Waals surface area contributed by atoms with Crippen molar-refractivity contribution in [2.75, 3.05) is 6.54 Å². The number of rotatable bonds is 6. The summed E-state index contributed by atoms with van der Waals surface area (Å²) in [5.41, 5.74) is 5.21. The highest BCUT2D eigenvalue weighted by Crippen LogP contribution is 2.29. The van der Waals surface area contributed by atoms with Crippen molar-refractivity contribution in [2.45, 2.75) is 13.5 Å². The average Bonchev–Trinajstić information content (AvgIpc) is 2.61. The number of nitrogens with zero attached hydrogens (tertiary/aromatic N) is 2. The minimum absolute atomic E-state index is 0.349. The number of hydrazone groups is 1. The van der Waals surface area contributed by atoms with Crippen molar-refractivity contribution in [3.63, 3.8) is 0 Å². The highest BCUT2D eigenvalue weighted by atomic mass is 127. The van der Waals surface area contributed by atoms with Gasteiger partial charge in [0, 0.05) is 12.1 Å². The zero-order valence-electron chi connectivity index (χ0n) is 13.9. The molecule has 0 atom stereocenters. The largest absolute Gasteiger partial charge is 0.487 e. The molecule has 2 rings (SSSR count). The van der Waals surface area contributed by atoms with Gasteiger partial charge in [-0.05, 0) is 88.1 Å². The molecule has 8 heteroatoms. The van der Waals surface area contributed by atoms with Crippen LogP contribution in [0.1, 0.15) is 23.6 Å². The third-order valence-electron chi connectivity index (χ3n) is 3.25. The molecule has 0 amide bonds. The van der Waals surface area contributed by atoms with Crippen molar-refractivity contribution in [1.82, 2.24) is 10.7 Å². The highest BCUT2D eigenvalue weighted by Gasteiger charge is 2.10. The van der Waals surface area contributed by atoms with E-state index in [9.17, 15) is 5.26 Å². The van der Waals surface area contributed by atoms with E-state index in [0.29, 0.717) is 17.3 Å². The molecule has 5 nitrogen and oxygen atoms in total. The van der Waals surface area contributed by atoms with Gasteiger partial charge in [0.2, 0.25) is 0 Å². The summed E-state index contributed by atoms with van der Waals surface area (Å²) in [5.74, 6) is 0.798. The molecule has 0 aliphatic rings. The molecular formula is C18H16I2N4OS. The Morgan fingerprint density at radius 1 is 1.31 bits per heavy atom. The van der Waals surface area contributed by atoms with Gasteiger partial charge in [-0.1, -0.05) is 18.2 Å². The number of hydrogen-bond acceptors (Lipinski definition) is 4. The molecule has 0 aliphatic heterocycles. The zero-order valence-corrected chi connectivity index (χ0v) is 19.1. The minimum Gasteiger partial charge on any atom is -0.487 e. The topological polar surface area (TPSA) is 69.4 Å². The summed E-state index contributed by atoms with van der Waals surface area (Å²) in [7, 11) is 0. The minimum atomic E-state index is 0.349. The van der Waals surface area contributed by atoms with Crippen molar-refractivity contribution >= 4 is 68.7 Å². The van der Waals surface area contributed by atoms with Gasteiger partial charge in [-0.15, -0.1) is 0 Å². The Morgan fingerprint density at radius 3 is 2.65 bits per heavy atom. The van der Waals surface area contributed by atoms with E-state index in [1.807, 2.05) is 37.3 Å². The molecule has 26 heavy (non-hydrogen) atoms. The summed E-state index contributed by atoms with van der Waals surface area (Å²) in [6.07, 6.45) is 1.71. The number of halogens is 2. The van der Waals surface area contributed by atoms with E-state index >= 15 is 0 Å². The molecule has 0 aliphatic carbocycles. The van der Waals surface area contributed by atoms with Crippen molar-refractivity contribution in [2.24, 2.45) is 5.10 Å². The van der Waals surface area contributed by atoms with Gasteiger partial charge >= 0.3 is 0 Å². The normalized spacial score (nSPS) is 10.4. The Labute approximate surface area is 185 Å². The summed E-state index contributed by atoms with van der Waals surface area (Å²) < 4.78 is 7.91. The first-order valence-electron chi connectivity index (χ1n) is 7.72. The molecule has 0 heterocycles. The molecule has 134 valence electrons. The molecule has 0 spiro atoms. The third-order valence-corrected chi connectivity index (χ3v) is 5.09. The molecule has 0 unspecified atom stereocenters. The number of nitrogens with one attached hydrogen (secondary N) is 2. The van der Waals surface area contributed by atoms with Gasteiger partial charge in [0.1, 0.15) is 12.4 Å². The van der Waals surface area contributed by atoms with Gasteiger partial charge in [-0.25, -0.2) is 0 Å². The fourth-order valence-corrected chi connectivity index (χ4v) is 4.39. The van der Waals surface area contributed by atoms with Gasteiger partial charge in [0.05, 0.1) is 25.0 Å². The Bertz CT molecular complexity index is 842. The van der Waals surface area contributed by atoms with E-state index < -0.39 is 0 Å². The number of nitriles is 1. The fraction of sp³-hybridized carbons (Fsp3) is 0.167. The summed E-state index contributed by atoms with van der Waals surface area (Å²) >= 11 is 9.53. The van der Waals surface area contributed by atoms with Crippen LogP contribution in [0, 0.1) is 18.5 Å². The smallest absolute Gasteiger partial charge is 0.186 e. The summed E-state index contributed by atoms with van der Waals surface area (Å²) in [6, 6.07) is 13.6. The second-order valence-corrected chi connectivity index (χ2v) is 7.83. The molecule has 0 bridgehead atoms. The Morgan fingerprint density at radius 2 is 2.00 bits per heavy atom. The average molecular weight is 590 g/mol. The van der Waals surface area contributed by atoms with Crippen LogP contribution in [0.2, 0.25) is 0 Å². The van der Waals surface area contributed by atoms with E-state index in [1.165, 1.54) is 0 Å². The van der Waals surface area contributed by atoms with Crippen LogP contribution in [0.3, 0.4) is 0 Å². The van der Waals surface area contributed by atoms with Crippen molar-refractivity contribution < 1.29 is 4.74 Å². The van der Waals surface area contributed by atoms with E-state index in [0.717, 1.165) is 30.6 Å². The third kappa shape index (κ3) is 6.07. The van der Waals surface area contributed by atoms with E-state index in [1.54, 1.807) is 12.3 Å². The first-order valence-corrected chi connectivity index (χ1v) is 10.3. The number of benzene rings is 2. The van der Waals surface area contributed by atoms with Gasteiger partial charge in [-0.3, -0.25) is 5.43 Å². The molecular weight excluding hydrogens is 574 g/mol. The van der Waals surface area contributed by atoms with Crippen LogP contribution in [-0.2, 0) is 6.61 Å². The lowest BCUT2D eigenvalue weighted by molar-refractivity contribution is 0.301. The van der Waals surface area contributed by atoms with E-state index in [4.69, 9.17) is 17.0 Å². The predicted octanol–water partition coefficient (Wildman–Crippen LogP) is 4.16. The predicted molar refractivity (Wildman–Crippen MR) is 124 cm³/mol. The van der Waals surface area contributed by atoms with Gasteiger partial charge < -0.3 is 10.1 Å². The quantitative estimate of drug-likeness (QED) is 0.229. The summed E-state index contributed by atoms with van der Waals surface area (Å²) in [5, 5.41) is 16.8. The molecule has 0 aromatic heterocycles. The van der Waals surface area contributed by atoms with Crippen LogP contribution in [0.5, 0.6) is 5.75 Å². The molecule has 2 aromatic rings. The van der Waals surface area contributed by atoms with Crippen molar-refractivity contribution in [1.29, 1.82) is 5.26 Å². The van der Waals surface area contributed by atoms with Gasteiger partial charge in [-0.2, -0.15) is 10.4 Å². The molecule has 0 saturated carbocycles. The molecule has 2 N–H and O–H groups in total. The molecule has 2 aromatic carbocycles. The zero-order chi connectivity index (χ0) is 18.9. The maximum Gasteiger partial charge on any atom is 0.186 e. The van der Waals surface area contributed by atoms with Crippen LogP contribution >= 0.6 is 57.4 Å². The summed E-state index contributed by atoms with van der Waals surface area (Å²) in [6.45, 7) is 3.07. The van der Waals surface area contributed by atoms with Gasteiger partial charge in [0.25, 0.3) is 0 Å². The van der Waals surface area contributed by atoms with Crippen LogP contribution in [-0.4, -0.2) is 17.9 Å². The Hall–Kier alpha value is -1.45. The standard InChI is InChI=1S/C18H16I2N4OS/c1-2-22-18(26)24-23-10-12-7-15(19)17(16(20)8-12)25-11-14-6-4-3-5-13(14)9-21/h3-8,10H,2,11H2,1H3,(H2,22,24,26)/b23-10-. The Balaban J connectivity index is 2.08. The second-order valence-electron chi connectivity index (χ2n) is 5.10. The van der Waals surface area contributed by atoms with Crippen LogP contribution in [0.4, 0.5) is 0 Å². The van der Waals surface area contributed by atoms with E-state index in [2.05, 4.69) is 67.1 Å². The monoisotopic (exact) mass is 590 g/mol. The SMILES string of the molecule is CCNC(=S)N/N=C\c1cc(I)c(OCc2ccccc2C#N)c(I)c1. The van der Waals surface area contributed by atoms with Crippen molar-refractivity contribution in [3.8, 4) is 11.8 Å². The molecule has 0 fully saturated rings. The second kappa shape index (κ2) is 10.6. The maximum absolute atomic E-state index is 9.17.